The highest BCUT2D eigenvalue weighted by Gasteiger charge is 2.25. The van der Waals surface area contributed by atoms with Crippen LogP contribution in [0.3, 0.4) is 0 Å². The third-order valence-corrected chi connectivity index (χ3v) is 5.09. The lowest BCUT2D eigenvalue weighted by Crippen LogP contribution is -2.45. The Labute approximate surface area is 115 Å². The Balaban J connectivity index is 1.81. The molecule has 1 aromatic rings. The molecule has 0 saturated carbocycles. The van der Waals surface area contributed by atoms with Crippen molar-refractivity contribution in [3.8, 4) is 0 Å². The van der Waals surface area contributed by atoms with Crippen LogP contribution in [-0.4, -0.2) is 37.3 Å². The second kappa shape index (κ2) is 6.45. The molecule has 1 aliphatic rings. The first-order valence-corrected chi connectivity index (χ1v) is 8.16. The molecule has 0 aromatic carbocycles. The lowest BCUT2D eigenvalue weighted by Gasteiger charge is -2.29. The summed E-state index contributed by atoms with van der Waals surface area (Å²) < 4.78 is 28.4. The number of hydrogen-bond donors (Lipinski definition) is 1. The first kappa shape index (κ1) is 14.4. The van der Waals surface area contributed by atoms with Crippen molar-refractivity contribution >= 4 is 10.2 Å². The van der Waals surface area contributed by atoms with E-state index in [0.717, 1.165) is 18.5 Å². The second-order valence-electron chi connectivity index (χ2n) is 5.05. The van der Waals surface area contributed by atoms with E-state index in [1.54, 1.807) is 10.5 Å². The molecule has 19 heavy (non-hydrogen) atoms. The monoisotopic (exact) mass is 283 g/mol. The van der Waals surface area contributed by atoms with Crippen molar-refractivity contribution in [2.75, 3.05) is 19.6 Å². The molecule has 0 atom stereocenters. The zero-order valence-electron chi connectivity index (χ0n) is 11.2. The Hall–Kier alpha value is -0.980. The molecule has 0 radical (unpaired) electrons. The zero-order chi connectivity index (χ0) is 13.7. The summed E-state index contributed by atoms with van der Waals surface area (Å²) in [6.07, 6.45) is 4.22. The first-order chi connectivity index (χ1) is 9.08. The van der Waals surface area contributed by atoms with Crippen molar-refractivity contribution in [2.24, 2.45) is 5.92 Å². The Bertz CT molecular complexity index is 482. The van der Waals surface area contributed by atoms with Gasteiger partial charge in [0, 0.05) is 37.9 Å². The van der Waals surface area contributed by atoms with Crippen LogP contribution < -0.4 is 4.72 Å². The van der Waals surface area contributed by atoms with Crippen LogP contribution in [0.1, 0.15) is 25.5 Å². The van der Waals surface area contributed by atoms with Gasteiger partial charge in [0.2, 0.25) is 0 Å². The molecule has 6 heteroatoms. The average Bonchev–Trinajstić information content (AvgIpc) is 2.40. The molecule has 0 spiro atoms. The molecule has 0 unspecified atom stereocenters. The number of aromatic nitrogens is 1. The minimum atomic E-state index is -3.32. The fraction of sp³-hybridized carbons (Fsp3) is 0.615. The van der Waals surface area contributed by atoms with Gasteiger partial charge in [0.15, 0.2) is 0 Å². The molecule has 106 valence electrons. The topological polar surface area (TPSA) is 62.3 Å². The van der Waals surface area contributed by atoms with E-state index >= 15 is 0 Å². The third kappa shape index (κ3) is 4.26. The van der Waals surface area contributed by atoms with Gasteiger partial charge in [-0.1, -0.05) is 13.0 Å². The first-order valence-electron chi connectivity index (χ1n) is 6.72. The van der Waals surface area contributed by atoms with E-state index in [1.807, 2.05) is 18.2 Å². The van der Waals surface area contributed by atoms with E-state index in [4.69, 9.17) is 0 Å². The van der Waals surface area contributed by atoms with Crippen molar-refractivity contribution < 1.29 is 8.42 Å². The van der Waals surface area contributed by atoms with E-state index in [0.29, 0.717) is 32.0 Å². The second-order valence-corrected chi connectivity index (χ2v) is 6.81. The zero-order valence-corrected chi connectivity index (χ0v) is 12.1. The lowest BCUT2D eigenvalue weighted by atomic mass is 10.0. The minimum absolute atomic E-state index is 0.394. The van der Waals surface area contributed by atoms with Crippen LogP contribution in [0, 0.1) is 5.92 Å². The normalized spacial score (nSPS) is 18.6. The molecular weight excluding hydrogens is 262 g/mol. The summed E-state index contributed by atoms with van der Waals surface area (Å²) in [4.78, 5) is 4.17. The highest BCUT2D eigenvalue weighted by Crippen LogP contribution is 2.17. The summed E-state index contributed by atoms with van der Waals surface area (Å²) >= 11 is 0. The molecule has 1 aliphatic heterocycles. The summed E-state index contributed by atoms with van der Waals surface area (Å²) in [6.45, 7) is 3.81. The maximum absolute atomic E-state index is 12.1. The molecule has 1 aromatic heterocycles. The fourth-order valence-electron chi connectivity index (χ4n) is 2.17. The van der Waals surface area contributed by atoms with Gasteiger partial charge in [-0.3, -0.25) is 4.98 Å². The van der Waals surface area contributed by atoms with Crippen LogP contribution in [0.4, 0.5) is 0 Å². The summed E-state index contributed by atoms with van der Waals surface area (Å²) in [5.41, 5.74) is 0.900. The van der Waals surface area contributed by atoms with E-state index < -0.39 is 10.2 Å². The number of nitrogens with zero attached hydrogens (tertiary/aromatic N) is 2. The van der Waals surface area contributed by atoms with E-state index in [1.165, 1.54) is 0 Å². The van der Waals surface area contributed by atoms with Crippen LogP contribution in [0.5, 0.6) is 0 Å². The van der Waals surface area contributed by atoms with Crippen LogP contribution in [0.2, 0.25) is 0 Å². The molecule has 1 fully saturated rings. The molecule has 5 nitrogen and oxygen atoms in total. The van der Waals surface area contributed by atoms with Crippen LogP contribution >= 0.6 is 0 Å². The molecule has 2 heterocycles. The van der Waals surface area contributed by atoms with E-state index in [2.05, 4.69) is 16.6 Å². The highest BCUT2D eigenvalue weighted by molar-refractivity contribution is 7.87. The molecule has 1 saturated heterocycles. The van der Waals surface area contributed by atoms with Gasteiger partial charge in [0.25, 0.3) is 10.2 Å². The number of piperidine rings is 1. The fourth-order valence-corrected chi connectivity index (χ4v) is 3.40. The minimum Gasteiger partial charge on any atom is -0.261 e. The van der Waals surface area contributed by atoms with E-state index in [-0.39, 0.29) is 0 Å². The van der Waals surface area contributed by atoms with E-state index in [9.17, 15) is 8.42 Å². The van der Waals surface area contributed by atoms with Crippen molar-refractivity contribution in [3.63, 3.8) is 0 Å². The lowest BCUT2D eigenvalue weighted by molar-refractivity contribution is 0.285. The predicted molar refractivity (Wildman–Crippen MR) is 74.8 cm³/mol. The quantitative estimate of drug-likeness (QED) is 0.883. The predicted octanol–water partition coefficient (Wildman–Crippen LogP) is 1.19. The van der Waals surface area contributed by atoms with Crippen LogP contribution in [-0.2, 0) is 16.6 Å². The molecule has 1 N–H and O–H groups in total. The van der Waals surface area contributed by atoms with Gasteiger partial charge in [-0.05, 0) is 30.9 Å². The molecule has 2 rings (SSSR count). The largest absolute Gasteiger partial charge is 0.279 e. The van der Waals surface area contributed by atoms with Gasteiger partial charge in [0.1, 0.15) is 0 Å². The average molecular weight is 283 g/mol. The number of hydrogen-bond acceptors (Lipinski definition) is 3. The summed E-state index contributed by atoms with van der Waals surface area (Å²) in [5.74, 6) is 0.625. The Morgan fingerprint density at radius 1 is 1.37 bits per heavy atom. The van der Waals surface area contributed by atoms with Gasteiger partial charge >= 0.3 is 0 Å². The van der Waals surface area contributed by atoms with Gasteiger partial charge in [-0.2, -0.15) is 12.7 Å². The van der Waals surface area contributed by atoms with Crippen molar-refractivity contribution in [3.05, 3.63) is 30.1 Å². The number of pyridine rings is 1. The smallest absolute Gasteiger partial charge is 0.261 e. The van der Waals surface area contributed by atoms with Crippen LogP contribution in [0.25, 0.3) is 0 Å². The Kier molecular flexibility index (Phi) is 4.90. The van der Waals surface area contributed by atoms with Crippen molar-refractivity contribution in [1.29, 1.82) is 0 Å². The molecule has 0 bridgehead atoms. The van der Waals surface area contributed by atoms with Crippen molar-refractivity contribution in [2.45, 2.75) is 26.2 Å². The highest BCUT2D eigenvalue weighted by atomic mass is 32.2. The summed E-state index contributed by atoms with van der Waals surface area (Å²) in [5, 5.41) is 0. The van der Waals surface area contributed by atoms with Gasteiger partial charge < -0.3 is 0 Å². The summed E-state index contributed by atoms with van der Waals surface area (Å²) in [7, 11) is -3.32. The standard InChI is InChI=1S/C13H21N3O2S/c1-12-6-10-16(11-7-12)19(17,18)15-9-5-13-4-2-3-8-14-13/h2-4,8,12,15H,5-7,9-11H2,1H3. The SMILES string of the molecule is CC1CCN(S(=O)(=O)NCCc2ccccn2)CC1. The summed E-state index contributed by atoms with van der Waals surface area (Å²) in [6, 6.07) is 5.66. The Morgan fingerprint density at radius 2 is 2.11 bits per heavy atom. The maximum atomic E-state index is 12.1. The molecule has 0 amide bonds. The number of nitrogens with one attached hydrogen (secondary N) is 1. The number of rotatable bonds is 5. The van der Waals surface area contributed by atoms with Gasteiger partial charge in [-0.25, -0.2) is 4.72 Å². The van der Waals surface area contributed by atoms with Crippen LogP contribution in [0.15, 0.2) is 24.4 Å². The van der Waals surface area contributed by atoms with Gasteiger partial charge in [-0.15, -0.1) is 0 Å². The third-order valence-electron chi connectivity index (χ3n) is 3.47. The molecule has 0 aliphatic carbocycles. The van der Waals surface area contributed by atoms with Gasteiger partial charge in [0.05, 0.1) is 0 Å². The molecular formula is C13H21N3O2S. The maximum Gasteiger partial charge on any atom is 0.279 e. The Morgan fingerprint density at radius 3 is 2.74 bits per heavy atom. The van der Waals surface area contributed by atoms with Crippen molar-refractivity contribution in [1.82, 2.24) is 14.0 Å².